The Hall–Kier alpha value is -3.68. The van der Waals surface area contributed by atoms with Gasteiger partial charge in [0.1, 0.15) is 5.82 Å². The van der Waals surface area contributed by atoms with Crippen molar-refractivity contribution in [1.82, 2.24) is 9.78 Å². The van der Waals surface area contributed by atoms with E-state index in [9.17, 15) is 14.0 Å². The van der Waals surface area contributed by atoms with Crippen LogP contribution in [0.5, 0.6) is 0 Å². The summed E-state index contributed by atoms with van der Waals surface area (Å²) in [6.45, 7) is 1.82. The zero-order valence-electron chi connectivity index (χ0n) is 13.9. The fourth-order valence-electron chi connectivity index (χ4n) is 2.68. The second-order valence-electron chi connectivity index (χ2n) is 5.70. The van der Waals surface area contributed by atoms with Crippen molar-refractivity contribution < 1.29 is 14.0 Å². The molecule has 0 saturated heterocycles. The normalized spacial score (nSPS) is 10.5. The van der Waals surface area contributed by atoms with E-state index in [4.69, 9.17) is 11.5 Å². The molecular weight excluding hydrogens is 337 g/mol. The highest BCUT2D eigenvalue weighted by Gasteiger charge is 2.16. The summed E-state index contributed by atoms with van der Waals surface area (Å²) >= 11 is 0. The van der Waals surface area contributed by atoms with Crippen LogP contribution < -0.4 is 16.8 Å². The van der Waals surface area contributed by atoms with Crippen LogP contribution in [-0.4, -0.2) is 21.7 Å². The third kappa shape index (κ3) is 3.39. The highest BCUT2D eigenvalue weighted by molar-refractivity contribution is 6.00. The first-order chi connectivity index (χ1) is 12.3. The van der Waals surface area contributed by atoms with Gasteiger partial charge in [0.15, 0.2) is 5.69 Å². The average Bonchev–Trinajstić information content (AvgIpc) is 2.98. The van der Waals surface area contributed by atoms with Crippen LogP contribution in [0.1, 0.15) is 16.1 Å². The molecule has 3 aromatic rings. The smallest absolute Gasteiger partial charge is 0.316 e. The summed E-state index contributed by atoms with van der Waals surface area (Å²) in [5.41, 5.74) is 13.5. The number of aromatic nitrogens is 2. The van der Waals surface area contributed by atoms with Crippen molar-refractivity contribution in [2.24, 2.45) is 11.5 Å². The molecule has 3 rings (SSSR count). The Labute approximate surface area is 148 Å². The van der Waals surface area contributed by atoms with Gasteiger partial charge in [0.25, 0.3) is 5.91 Å². The molecule has 5 N–H and O–H groups in total. The van der Waals surface area contributed by atoms with Gasteiger partial charge in [-0.1, -0.05) is 18.2 Å². The van der Waals surface area contributed by atoms with Gasteiger partial charge >= 0.3 is 6.03 Å². The van der Waals surface area contributed by atoms with E-state index in [2.05, 4.69) is 10.4 Å². The first-order valence-electron chi connectivity index (χ1n) is 7.68. The number of urea groups is 1. The largest absolute Gasteiger partial charge is 0.364 e. The molecule has 0 aliphatic heterocycles. The Balaban J connectivity index is 2.05. The first kappa shape index (κ1) is 17.2. The van der Waals surface area contributed by atoms with Crippen molar-refractivity contribution >= 4 is 17.6 Å². The number of primary amides is 2. The lowest BCUT2D eigenvalue weighted by atomic mass is 10.00. The van der Waals surface area contributed by atoms with Crippen LogP contribution in [0, 0.1) is 12.7 Å². The minimum absolute atomic E-state index is 0.104. The van der Waals surface area contributed by atoms with Gasteiger partial charge in [-0.05, 0) is 47.9 Å². The van der Waals surface area contributed by atoms with E-state index >= 15 is 0 Å². The van der Waals surface area contributed by atoms with Crippen LogP contribution in [-0.2, 0) is 0 Å². The number of carbonyl (C=O) groups excluding carboxylic acids is 2. The van der Waals surface area contributed by atoms with Crippen molar-refractivity contribution in [1.29, 1.82) is 0 Å². The molecule has 0 aliphatic rings. The SMILES string of the molecule is Cc1cc(F)ccc1-c1cccc(-n2cc(NC(N)=O)c(C(N)=O)n2)c1. The number of halogens is 1. The predicted molar refractivity (Wildman–Crippen MR) is 95.4 cm³/mol. The number of nitrogens with two attached hydrogens (primary N) is 2. The second-order valence-corrected chi connectivity index (χ2v) is 5.70. The number of rotatable bonds is 4. The Morgan fingerprint density at radius 1 is 1.15 bits per heavy atom. The number of hydrogen-bond donors (Lipinski definition) is 3. The summed E-state index contributed by atoms with van der Waals surface area (Å²) < 4.78 is 14.7. The number of aryl methyl sites for hydroxylation is 1. The number of hydrogen-bond acceptors (Lipinski definition) is 3. The highest BCUT2D eigenvalue weighted by atomic mass is 19.1. The Morgan fingerprint density at radius 2 is 1.92 bits per heavy atom. The average molecular weight is 353 g/mol. The van der Waals surface area contributed by atoms with E-state index in [0.717, 1.165) is 16.7 Å². The van der Waals surface area contributed by atoms with Crippen molar-refractivity contribution in [2.45, 2.75) is 6.92 Å². The van der Waals surface area contributed by atoms with Crippen molar-refractivity contribution in [3.05, 3.63) is 65.7 Å². The lowest BCUT2D eigenvalue weighted by Crippen LogP contribution is -2.22. The maximum atomic E-state index is 13.3. The molecule has 0 spiro atoms. The minimum atomic E-state index is -0.831. The molecule has 132 valence electrons. The van der Waals surface area contributed by atoms with E-state index in [1.165, 1.54) is 23.0 Å². The van der Waals surface area contributed by atoms with Crippen LogP contribution in [0.4, 0.5) is 14.9 Å². The molecule has 26 heavy (non-hydrogen) atoms. The van der Waals surface area contributed by atoms with Gasteiger partial charge in [-0.25, -0.2) is 13.9 Å². The standard InChI is InChI=1S/C18H16FN5O2/c1-10-7-12(19)5-6-14(10)11-3-2-4-13(8-11)24-9-15(22-18(21)26)16(23-24)17(20)25/h2-9H,1H3,(H2,20,25)(H3,21,22,26). The molecule has 0 aliphatic carbocycles. The Kier molecular flexibility index (Phi) is 4.40. The van der Waals surface area contributed by atoms with Gasteiger partial charge in [0.05, 0.1) is 17.6 Å². The molecule has 7 nitrogen and oxygen atoms in total. The van der Waals surface area contributed by atoms with Crippen LogP contribution in [0.3, 0.4) is 0 Å². The maximum Gasteiger partial charge on any atom is 0.316 e. The van der Waals surface area contributed by atoms with Crippen LogP contribution >= 0.6 is 0 Å². The third-order valence-electron chi connectivity index (χ3n) is 3.82. The van der Waals surface area contributed by atoms with Crippen molar-refractivity contribution in [3.63, 3.8) is 0 Å². The lowest BCUT2D eigenvalue weighted by molar-refractivity contribution is 0.0996. The summed E-state index contributed by atoms with van der Waals surface area (Å²) in [5.74, 6) is -1.10. The van der Waals surface area contributed by atoms with Gasteiger partial charge in [-0.2, -0.15) is 5.10 Å². The summed E-state index contributed by atoms with van der Waals surface area (Å²) in [5, 5.41) is 6.44. The van der Waals surface area contributed by atoms with E-state index in [-0.39, 0.29) is 17.2 Å². The third-order valence-corrected chi connectivity index (χ3v) is 3.82. The molecule has 1 heterocycles. The predicted octanol–water partition coefficient (Wildman–Crippen LogP) is 2.58. The molecular formula is C18H16FN5O2. The van der Waals surface area contributed by atoms with Gasteiger partial charge in [-0.3, -0.25) is 4.79 Å². The number of amides is 3. The number of carbonyl (C=O) groups is 2. The molecule has 0 fully saturated rings. The van der Waals surface area contributed by atoms with Crippen LogP contribution in [0.25, 0.3) is 16.8 Å². The molecule has 8 heteroatoms. The van der Waals surface area contributed by atoms with Gasteiger partial charge < -0.3 is 16.8 Å². The van der Waals surface area contributed by atoms with Crippen LogP contribution in [0.15, 0.2) is 48.7 Å². The number of benzene rings is 2. The van der Waals surface area contributed by atoms with E-state index in [0.29, 0.717) is 5.69 Å². The highest BCUT2D eigenvalue weighted by Crippen LogP contribution is 2.26. The summed E-state index contributed by atoms with van der Waals surface area (Å²) in [6.07, 6.45) is 1.45. The second kappa shape index (κ2) is 6.67. The number of anilines is 1. The Bertz CT molecular complexity index is 1010. The van der Waals surface area contributed by atoms with Gasteiger partial charge in [0.2, 0.25) is 0 Å². The Morgan fingerprint density at radius 3 is 2.58 bits per heavy atom. The molecule has 0 unspecified atom stereocenters. The van der Waals surface area contributed by atoms with Crippen molar-refractivity contribution in [2.75, 3.05) is 5.32 Å². The summed E-state index contributed by atoms with van der Waals surface area (Å²) in [6, 6.07) is 11.0. The lowest BCUT2D eigenvalue weighted by Gasteiger charge is -2.08. The molecule has 0 atom stereocenters. The zero-order valence-corrected chi connectivity index (χ0v) is 13.9. The van der Waals surface area contributed by atoms with E-state index in [1.807, 2.05) is 19.1 Å². The molecule has 2 aromatic carbocycles. The molecule has 0 saturated carbocycles. The van der Waals surface area contributed by atoms with Crippen LogP contribution in [0.2, 0.25) is 0 Å². The molecule has 1 aromatic heterocycles. The van der Waals surface area contributed by atoms with E-state index < -0.39 is 11.9 Å². The number of nitrogens with zero attached hydrogens (tertiary/aromatic N) is 2. The van der Waals surface area contributed by atoms with Gasteiger partial charge in [0, 0.05) is 0 Å². The molecule has 3 amide bonds. The zero-order chi connectivity index (χ0) is 18.8. The minimum Gasteiger partial charge on any atom is -0.364 e. The monoisotopic (exact) mass is 353 g/mol. The molecule has 0 radical (unpaired) electrons. The quantitative estimate of drug-likeness (QED) is 0.669. The first-order valence-corrected chi connectivity index (χ1v) is 7.68. The fraction of sp³-hybridized carbons (Fsp3) is 0.0556. The topological polar surface area (TPSA) is 116 Å². The van der Waals surface area contributed by atoms with E-state index in [1.54, 1.807) is 18.2 Å². The summed E-state index contributed by atoms with van der Waals surface area (Å²) in [4.78, 5) is 22.6. The summed E-state index contributed by atoms with van der Waals surface area (Å²) in [7, 11) is 0. The van der Waals surface area contributed by atoms with Crippen molar-refractivity contribution in [3.8, 4) is 16.8 Å². The van der Waals surface area contributed by atoms with Gasteiger partial charge in [-0.15, -0.1) is 0 Å². The number of nitrogens with one attached hydrogen (secondary N) is 1. The maximum absolute atomic E-state index is 13.3. The molecule has 0 bridgehead atoms. The fourth-order valence-corrected chi connectivity index (χ4v) is 2.68.